The summed E-state index contributed by atoms with van der Waals surface area (Å²) in [6, 6.07) is 11.6. The summed E-state index contributed by atoms with van der Waals surface area (Å²) >= 11 is 0. The van der Waals surface area contributed by atoms with Gasteiger partial charge >= 0.3 is 17.9 Å². The third-order valence-electron chi connectivity index (χ3n) is 15.4. The number of aliphatic hydroxyl groups is 1. The van der Waals surface area contributed by atoms with Gasteiger partial charge in [-0.2, -0.15) is 0 Å². The summed E-state index contributed by atoms with van der Waals surface area (Å²) in [5, 5.41) is 14.7. The van der Waals surface area contributed by atoms with E-state index < -0.39 is 45.9 Å². The number of likely N-dealkylation sites (N-methyl/N-ethyl adjacent to an activating group) is 1. The van der Waals surface area contributed by atoms with E-state index in [-0.39, 0.29) is 31.0 Å². The molecule has 2 bridgehead atoms. The van der Waals surface area contributed by atoms with Crippen molar-refractivity contribution >= 4 is 34.5 Å². The smallest absolute Gasteiger partial charge is 0.322 e. The first kappa shape index (κ1) is 40.7. The minimum Gasteiger partial charge on any atom is -0.496 e. The van der Waals surface area contributed by atoms with E-state index in [4.69, 9.17) is 18.9 Å². The molecule has 1 aromatic heterocycles. The summed E-state index contributed by atoms with van der Waals surface area (Å²) in [5.74, 6) is -0.751. The van der Waals surface area contributed by atoms with E-state index >= 15 is 4.79 Å². The van der Waals surface area contributed by atoms with Gasteiger partial charge in [-0.15, -0.1) is 0 Å². The Hall–Kier alpha value is -4.65. The number of para-hydroxylation sites is 1. The topological polar surface area (TPSA) is 134 Å². The van der Waals surface area contributed by atoms with Crippen molar-refractivity contribution in [3.05, 3.63) is 82.6 Å². The largest absolute Gasteiger partial charge is 0.496 e. The highest BCUT2D eigenvalue weighted by atomic mass is 16.6. The minimum absolute atomic E-state index is 0.0346. The van der Waals surface area contributed by atoms with Crippen molar-refractivity contribution in [3.63, 3.8) is 0 Å². The van der Waals surface area contributed by atoms with Gasteiger partial charge < -0.3 is 33.9 Å². The van der Waals surface area contributed by atoms with E-state index in [2.05, 4.69) is 76.0 Å². The van der Waals surface area contributed by atoms with Gasteiger partial charge in [0.2, 0.25) is 0 Å². The Morgan fingerprint density at radius 1 is 1.03 bits per heavy atom. The first-order valence-corrected chi connectivity index (χ1v) is 21.9. The molecule has 1 saturated carbocycles. The average molecular weight is 821 g/mol. The predicted molar refractivity (Wildman–Crippen MR) is 228 cm³/mol. The lowest BCUT2D eigenvalue weighted by Gasteiger charge is -2.64. The molecule has 9 atom stereocenters. The van der Waals surface area contributed by atoms with Crippen LogP contribution in [0.4, 0.5) is 5.69 Å². The van der Waals surface area contributed by atoms with Crippen molar-refractivity contribution in [3.8, 4) is 5.75 Å². The Morgan fingerprint density at radius 2 is 1.83 bits per heavy atom. The molecule has 320 valence electrons. The number of anilines is 1. The highest BCUT2D eigenvalue weighted by Gasteiger charge is 2.78. The van der Waals surface area contributed by atoms with Crippen LogP contribution in [0.5, 0.6) is 5.75 Å². The molecule has 60 heavy (non-hydrogen) atoms. The lowest BCUT2D eigenvalue weighted by molar-refractivity contribution is -0.232. The molecule has 1 unspecified atom stereocenters. The van der Waals surface area contributed by atoms with Crippen LogP contribution in [-0.2, 0) is 45.8 Å². The van der Waals surface area contributed by atoms with Crippen LogP contribution >= 0.6 is 0 Å². The van der Waals surface area contributed by atoms with Crippen molar-refractivity contribution in [2.75, 3.05) is 65.5 Å². The van der Waals surface area contributed by atoms with Gasteiger partial charge in [-0.1, -0.05) is 62.8 Å². The van der Waals surface area contributed by atoms with Gasteiger partial charge in [0.25, 0.3) is 0 Å². The summed E-state index contributed by atoms with van der Waals surface area (Å²) < 4.78 is 24.7. The van der Waals surface area contributed by atoms with Crippen LogP contribution in [-0.4, -0.2) is 122 Å². The molecule has 9 rings (SSSR count). The van der Waals surface area contributed by atoms with E-state index in [1.54, 1.807) is 14.0 Å². The SMILES string of the molecule is CCC(=O)OC[C@@]1(O)[C@H](OC(C)=O)[C@]2(CC)C=CCN3CC[C@@]4(c5cc([C@@]6(C(=O)OC)C[C@@H]7C=C(CC)CN(CCc8c6[nH]c6ccccc86)C7)c(OC)cc5N(C)[C@@H]14)[C@@H]32. The Bertz CT molecular complexity index is 2300. The van der Waals surface area contributed by atoms with Crippen LogP contribution in [0.25, 0.3) is 10.9 Å². The summed E-state index contributed by atoms with van der Waals surface area (Å²) in [5.41, 5.74) is 2.05. The monoisotopic (exact) mass is 820 g/mol. The number of aromatic nitrogens is 1. The van der Waals surface area contributed by atoms with Gasteiger partial charge in [-0.25, -0.2) is 0 Å². The molecule has 12 nitrogen and oxygen atoms in total. The molecular weight excluding hydrogens is 761 g/mol. The number of benzene rings is 2. The number of carbonyl (C=O) groups excluding carboxylic acids is 3. The summed E-state index contributed by atoms with van der Waals surface area (Å²) in [6.45, 7) is 11.0. The van der Waals surface area contributed by atoms with Gasteiger partial charge in [0.15, 0.2) is 5.60 Å². The lowest BCUT2D eigenvalue weighted by atomic mass is 9.47. The van der Waals surface area contributed by atoms with Gasteiger partial charge in [0, 0.05) is 97.4 Å². The third-order valence-corrected chi connectivity index (χ3v) is 15.4. The van der Waals surface area contributed by atoms with Crippen molar-refractivity contribution in [2.24, 2.45) is 11.3 Å². The van der Waals surface area contributed by atoms with Crippen LogP contribution in [0.15, 0.2) is 60.2 Å². The standard InChI is InChI=1S/C48H60N4O8/c1-8-30-22-31-25-47(44(55)58-7,40-33(16-20-51(26-30)27-31)32-14-11-12-15-36(32)49-40)35-23-34-37(24-38(35)57-6)50(5)42-46(34)18-21-52-19-13-17-45(10-3,41(46)52)43(60-29(4)53)48(42,56)28-59-39(54)9-2/h11-15,17,22-24,31,41-43,49,56H,8-10,16,18-21,25-28H2,1-7H3/t31-,41-,42+,43+,45+,46+,47-,48-/m0/s1. The number of H-pyrrole nitrogens is 1. The molecule has 0 radical (unpaired) electrons. The number of rotatable bonds is 9. The molecule has 3 aromatic rings. The quantitative estimate of drug-likeness (QED) is 0.159. The number of hydrogen-bond acceptors (Lipinski definition) is 11. The van der Waals surface area contributed by atoms with Crippen LogP contribution in [0.2, 0.25) is 0 Å². The molecule has 6 heterocycles. The zero-order chi connectivity index (χ0) is 42.4. The zero-order valence-electron chi connectivity index (χ0n) is 36.1. The van der Waals surface area contributed by atoms with Gasteiger partial charge in [-0.05, 0) is 67.8 Å². The van der Waals surface area contributed by atoms with Crippen molar-refractivity contribution in [1.29, 1.82) is 0 Å². The third kappa shape index (κ3) is 5.55. The fourth-order valence-corrected chi connectivity index (χ4v) is 13.3. The van der Waals surface area contributed by atoms with Crippen LogP contribution in [0, 0.1) is 11.3 Å². The zero-order valence-corrected chi connectivity index (χ0v) is 36.1. The molecule has 1 aliphatic carbocycles. The maximum absolute atomic E-state index is 15.3. The second-order valence-corrected chi connectivity index (χ2v) is 18.2. The first-order valence-electron chi connectivity index (χ1n) is 21.9. The number of nitrogens with one attached hydrogen (secondary N) is 1. The lowest BCUT2D eigenvalue weighted by Crippen LogP contribution is -2.80. The number of nitrogens with zero attached hydrogens (tertiary/aromatic N) is 3. The molecule has 2 aromatic carbocycles. The van der Waals surface area contributed by atoms with Gasteiger partial charge in [-0.3, -0.25) is 24.2 Å². The Kier molecular flexibility index (Phi) is 10.0. The number of carbonyl (C=O) groups is 3. The summed E-state index contributed by atoms with van der Waals surface area (Å²) in [7, 11) is 5.10. The van der Waals surface area contributed by atoms with Crippen molar-refractivity contribution in [2.45, 2.75) is 101 Å². The highest BCUT2D eigenvalue weighted by Crippen LogP contribution is 2.68. The summed E-state index contributed by atoms with van der Waals surface area (Å²) in [4.78, 5) is 52.3. The highest BCUT2D eigenvalue weighted by molar-refractivity contribution is 5.94. The number of methoxy groups -OCH3 is 2. The average Bonchev–Trinajstić information content (AvgIpc) is 3.92. The van der Waals surface area contributed by atoms with E-state index in [0.717, 1.165) is 72.4 Å². The Labute approximate surface area is 352 Å². The molecular formula is C48H60N4O8. The van der Waals surface area contributed by atoms with E-state index in [1.165, 1.54) is 19.6 Å². The second kappa shape index (κ2) is 14.8. The molecule has 0 amide bonds. The summed E-state index contributed by atoms with van der Waals surface area (Å²) in [6.07, 6.45) is 9.11. The molecule has 2 N–H and O–H groups in total. The van der Waals surface area contributed by atoms with Crippen molar-refractivity contribution in [1.82, 2.24) is 14.8 Å². The maximum Gasteiger partial charge on any atom is 0.322 e. The fourth-order valence-electron chi connectivity index (χ4n) is 13.3. The Morgan fingerprint density at radius 3 is 2.55 bits per heavy atom. The number of hydrogen-bond donors (Lipinski definition) is 2. The number of aromatic amines is 1. The van der Waals surface area contributed by atoms with Crippen LogP contribution < -0.4 is 9.64 Å². The van der Waals surface area contributed by atoms with E-state index in [9.17, 15) is 14.7 Å². The van der Waals surface area contributed by atoms with Gasteiger partial charge in [0.05, 0.1) is 20.3 Å². The van der Waals surface area contributed by atoms with Crippen LogP contribution in [0.1, 0.15) is 82.2 Å². The predicted octanol–water partition coefficient (Wildman–Crippen LogP) is 5.58. The minimum atomic E-state index is -1.84. The molecule has 6 aliphatic rings. The molecule has 1 saturated heterocycles. The normalized spacial score (nSPS) is 34.0. The van der Waals surface area contributed by atoms with Crippen LogP contribution in [0.3, 0.4) is 0 Å². The first-order chi connectivity index (χ1) is 28.9. The van der Waals surface area contributed by atoms with E-state index in [0.29, 0.717) is 37.1 Å². The number of esters is 3. The second-order valence-electron chi connectivity index (χ2n) is 18.2. The van der Waals surface area contributed by atoms with E-state index in [1.807, 2.05) is 19.2 Å². The molecule has 1 spiro atoms. The maximum atomic E-state index is 15.3. The number of fused-ring (bicyclic) bond motifs is 6. The van der Waals surface area contributed by atoms with Crippen molar-refractivity contribution < 1.29 is 38.4 Å². The molecule has 5 aliphatic heterocycles. The number of ether oxygens (including phenoxy) is 4. The molecule has 12 heteroatoms. The fraction of sp³-hybridized carbons (Fsp3) is 0.562. The Balaban J connectivity index is 1.35. The molecule has 2 fully saturated rings. The van der Waals surface area contributed by atoms with Gasteiger partial charge in [0.1, 0.15) is 23.9 Å².